The summed E-state index contributed by atoms with van der Waals surface area (Å²) in [7, 11) is 0. The Bertz CT molecular complexity index is 720. The summed E-state index contributed by atoms with van der Waals surface area (Å²) in [5.74, 6) is -1.67. The molecule has 1 aliphatic heterocycles. The van der Waals surface area contributed by atoms with Gasteiger partial charge in [-0.3, -0.25) is 14.5 Å². The van der Waals surface area contributed by atoms with Crippen molar-refractivity contribution in [1.82, 2.24) is 15.5 Å². The fourth-order valence-corrected chi connectivity index (χ4v) is 2.68. The molecule has 1 heterocycles. The van der Waals surface area contributed by atoms with Crippen LogP contribution in [-0.4, -0.2) is 54.5 Å². The highest BCUT2D eigenvalue weighted by Crippen LogP contribution is 2.12. The van der Waals surface area contributed by atoms with E-state index in [9.17, 15) is 19.2 Å². The van der Waals surface area contributed by atoms with Crippen LogP contribution >= 0.6 is 11.6 Å². The molecule has 0 saturated carbocycles. The van der Waals surface area contributed by atoms with Gasteiger partial charge in [-0.15, -0.1) is 0 Å². The van der Waals surface area contributed by atoms with Gasteiger partial charge < -0.3 is 15.4 Å². The average molecular weight is 396 g/mol. The maximum absolute atomic E-state index is 12.4. The van der Waals surface area contributed by atoms with Crippen molar-refractivity contribution < 1.29 is 23.9 Å². The SMILES string of the molecule is CC(C)C[C@@H](NC(=O)c1ccc(Cl)cc1)C(=O)OCC(=O)N1CCNC1=O. The highest BCUT2D eigenvalue weighted by atomic mass is 35.5. The van der Waals surface area contributed by atoms with Gasteiger partial charge in [-0.2, -0.15) is 0 Å². The van der Waals surface area contributed by atoms with Gasteiger partial charge >= 0.3 is 12.0 Å². The van der Waals surface area contributed by atoms with Gasteiger partial charge in [0, 0.05) is 23.7 Å². The van der Waals surface area contributed by atoms with Gasteiger partial charge in [0.1, 0.15) is 6.04 Å². The van der Waals surface area contributed by atoms with Crippen molar-refractivity contribution in [3.63, 3.8) is 0 Å². The molecule has 1 aliphatic rings. The molecule has 1 saturated heterocycles. The molecule has 2 rings (SSSR count). The molecule has 9 heteroatoms. The molecule has 1 aromatic carbocycles. The summed E-state index contributed by atoms with van der Waals surface area (Å²) in [6.45, 7) is 3.84. The second-order valence-electron chi connectivity index (χ2n) is 6.55. The fourth-order valence-electron chi connectivity index (χ4n) is 2.55. The van der Waals surface area contributed by atoms with Gasteiger partial charge in [0.2, 0.25) is 0 Å². The maximum Gasteiger partial charge on any atom is 0.329 e. The number of rotatable bonds is 7. The third-order valence-electron chi connectivity index (χ3n) is 3.90. The Morgan fingerprint density at radius 2 is 1.93 bits per heavy atom. The van der Waals surface area contributed by atoms with Crippen molar-refractivity contribution in [2.75, 3.05) is 19.7 Å². The molecule has 8 nitrogen and oxygen atoms in total. The van der Waals surface area contributed by atoms with Crippen molar-refractivity contribution in [1.29, 1.82) is 0 Å². The first-order chi connectivity index (χ1) is 12.8. The van der Waals surface area contributed by atoms with Crippen LogP contribution in [0.4, 0.5) is 4.79 Å². The smallest absolute Gasteiger partial charge is 0.329 e. The normalized spacial score (nSPS) is 14.7. The number of imide groups is 1. The van der Waals surface area contributed by atoms with Gasteiger partial charge in [0.15, 0.2) is 6.61 Å². The predicted octanol–water partition coefficient (Wildman–Crippen LogP) is 1.58. The second-order valence-corrected chi connectivity index (χ2v) is 6.98. The number of amides is 4. The van der Waals surface area contributed by atoms with E-state index in [2.05, 4.69) is 10.6 Å². The number of urea groups is 1. The molecule has 1 atom stereocenters. The van der Waals surface area contributed by atoms with Crippen LogP contribution in [0.2, 0.25) is 5.02 Å². The Morgan fingerprint density at radius 3 is 2.48 bits per heavy atom. The van der Waals surface area contributed by atoms with E-state index < -0.39 is 36.5 Å². The lowest BCUT2D eigenvalue weighted by Crippen LogP contribution is -2.44. The zero-order valence-electron chi connectivity index (χ0n) is 15.2. The van der Waals surface area contributed by atoms with Crippen LogP contribution < -0.4 is 10.6 Å². The molecule has 27 heavy (non-hydrogen) atoms. The first-order valence-corrected chi connectivity index (χ1v) is 8.97. The van der Waals surface area contributed by atoms with E-state index >= 15 is 0 Å². The van der Waals surface area contributed by atoms with Gasteiger partial charge in [0.25, 0.3) is 11.8 Å². The van der Waals surface area contributed by atoms with Crippen LogP contribution in [0.25, 0.3) is 0 Å². The van der Waals surface area contributed by atoms with Crippen molar-refractivity contribution in [3.05, 3.63) is 34.9 Å². The number of carbonyl (C=O) groups is 4. The first kappa shape index (κ1) is 20.7. The van der Waals surface area contributed by atoms with Crippen LogP contribution in [0.5, 0.6) is 0 Å². The summed E-state index contributed by atoms with van der Waals surface area (Å²) in [4.78, 5) is 49.1. The number of nitrogens with zero attached hydrogens (tertiary/aromatic N) is 1. The number of hydrogen-bond acceptors (Lipinski definition) is 5. The Balaban J connectivity index is 1.96. The van der Waals surface area contributed by atoms with Crippen molar-refractivity contribution in [2.45, 2.75) is 26.3 Å². The number of benzene rings is 1. The summed E-state index contributed by atoms with van der Waals surface area (Å²) in [5.41, 5.74) is 0.353. The quantitative estimate of drug-likeness (QED) is 0.682. The topological polar surface area (TPSA) is 105 Å². The van der Waals surface area contributed by atoms with Crippen LogP contribution in [0.3, 0.4) is 0 Å². The molecule has 0 unspecified atom stereocenters. The third kappa shape index (κ3) is 5.96. The summed E-state index contributed by atoms with van der Waals surface area (Å²) < 4.78 is 5.04. The maximum atomic E-state index is 12.4. The zero-order chi connectivity index (χ0) is 20.0. The van der Waals surface area contributed by atoms with Crippen molar-refractivity contribution >= 4 is 35.4 Å². The lowest BCUT2D eigenvalue weighted by Gasteiger charge is -2.20. The molecule has 146 valence electrons. The highest BCUT2D eigenvalue weighted by Gasteiger charge is 2.29. The molecule has 1 fully saturated rings. The Morgan fingerprint density at radius 1 is 1.26 bits per heavy atom. The van der Waals surface area contributed by atoms with Gasteiger partial charge in [-0.25, -0.2) is 9.59 Å². The highest BCUT2D eigenvalue weighted by molar-refractivity contribution is 6.30. The fraction of sp³-hybridized carbons (Fsp3) is 0.444. The van der Waals surface area contributed by atoms with Crippen molar-refractivity contribution in [2.24, 2.45) is 5.92 Å². The van der Waals surface area contributed by atoms with Gasteiger partial charge in [-0.1, -0.05) is 25.4 Å². The molecule has 1 aromatic rings. The Hall–Kier alpha value is -2.61. The van der Waals surface area contributed by atoms with E-state index in [4.69, 9.17) is 16.3 Å². The second kappa shape index (κ2) is 9.36. The van der Waals surface area contributed by atoms with E-state index in [1.807, 2.05) is 13.8 Å². The van der Waals surface area contributed by atoms with E-state index in [1.165, 1.54) is 0 Å². The number of ether oxygens (including phenoxy) is 1. The average Bonchev–Trinajstić information content (AvgIpc) is 3.05. The molecular formula is C18H22ClN3O5. The molecule has 0 spiro atoms. The van der Waals surface area contributed by atoms with Crippen LogP contribution in [0.1, 0.15) is 30.6 Å². The molecule has 4 amide bonds. The number of esters is 1. The van der Waals surface area contributed by atoms with E-state index in [0.29, 0.717) is 23.6 Å². The Labute approximate surface area is 162 Å². The number of nitrogens with one attached hydrogen (secondary N) is 2. The van der Waals surface area contributed by atoms with Crippen LogP contribution in [0.15, 0.2) is 24.3 Å². The third-order valence-corrected chi connectivity index (χ3v) is 4.15. The lowest BCUT2D eigenvalue weighted by atomic mass is 10.0. The molecule has 2 N–H and O–H groups in total. The Kier molecular flexibility index (Phi) is 7.18. The summed E-state index contributed by atoms with van der Waals surface area (Å²) in [6, 6.07) is 4.83. The van der Waals surface area contributed by atoms with E-state index in [0.717, 1.165) is 4.90 Å². The minimum Gasteiger partial charge on any atom is -0.454 e. The molecule has 0 aromatic heterocycles. The molecule has 0 bridgehead atoms. The zero-order valence-corrected chi connectivity index (χ0v) is 15.9. The summed E-state index contributed by atoms with van der Waals surface area (Å²) in [6.07, 6.45) is 0.344. The summed E-state index contributed by atoms with van der Waals surface area (Å²) >= 11 is 5.81. The van der Waals surface area contributed by atoms with E-state index in [-0.39, 0.29) is 12.5 Å². The number of carbonyl (C=O) groups excluding carboxylic acids is 4. The van der Waals surface area contributed by atoms with Gasteiger partial charge in [-0.05, 0) is 36.6 Å². The van der Waals surface area contributed by atoms with Crippen molar-refractivity contribution in [3.8, 4) is 0 Å². The number of halogens is 1. The largest absolute Gasteiger partial charge is 0.454 e. The molecule has 0 radical (unpaired) electrons. The molecular weight excluding hydrogens is 374 g/mol. The van der Waals surface area contributed by atoms with Gasteiger partial charge in [0.05, 0.1) is 0 Å². The minimum atomic E-state index is -0.909. The first-order valence-electron chi connectivity index (χ1n) is 8.59. The predicted molar refractivity (Wildman–Crippen MR) is 98.2 cm³/mol. The number of hydrogen-bond donors (Lipinski definition) is 2. The van der Waals surface area contributed by atoms with Crippen LogP contribution in [-0.2, 0) is 14.3 Å². The van der Waals surface area contributed by atoms with Crippen LogP contribution in [0, 0.1) is 5.92 Å². The van der Waals surface area contributed by atoms with E-state index in [1.54, 1.807) is 24.3 Å². The standard InChI is InChI=1S/C18H22ClN3O5/c1-11(2)9-14(21-16(24)12-3-5-13(19)6-4-12)17(25)27-10-15(23)22-8-7-20-18(22)26/h3-6,11,14H,7-10H2,1-2H3,(H,20,26)(H,21,24)/t14-/m1/s1. The molecule has 0 aliphatic carbocycles. The monoisotopic (exact) mass is 395 g/mol. The lowest BCUT2D eigenvalue weighted by molar-refractivity contribution is -0.152. The summed E-state index contributed by atoms with van der Waals surface area (Å²) in [5, 5.41) is 5.61. The minimum absolute atomic E-state index is 0.105.